The van der Waals surface area contributed by atoms with Gasteiger partial charge in [-0.25, -0.2) is 15.2 Å². The van der Waals surface area contributed by atoms with Crippen molar-refractivity contribution in [3.8, 4) is 0 Å². The molecule has 2 aliphatic heterocycles. The van der Waals surface area contributed by atoms with Crippen LogP contribution in [0, 0.1) is 5.92 Å². The normalized spacial score (nSPS) is 20.7. The zero-order valence-electron chi connectivity index (χ0n) is 23.1. The van der Waals surface area contributed by atoms with E-state index >= 15 is 0 Å². The molecule has 0 bridgehead atoms. The lowest BCUT2D eigenvalue weighted by molar-refractivity contribution is -0.713. The molecule has 3 heterocycles. The Morgan fingerprint density at radius 2 is 1.66 bits per heavy atom. The number of guanidine groups is 1. The van der Waals surface area contributed by atoms with Gasteiger partial charge in [0.15, 0.2) is 0 Å². The van der Waals surface area contributed by atoms with E-state index in [2.05, 4.69) is 21.0 Å². The number of quaternary nitrogens is 1. The van der Waals surface area contributed by atoms with Gasteiger partial charge in [-0.05, 0) is 80.0 Å². The van der Waals surface area contributed by atoms with Gasteiger partial charge in [0.05, 0.1) is 34.7 Å². The van der Waals surface area contributed by atoms with E-state index in [9.17, 15) is 44.3 Å². The fraction of sp³-hybridized carbons (Fsp3) is 0.500. The van der Waals surface area contributed by atoms with Crippen LogP contribution in [0.15, 0.2) is 35.4 Å². The number of hydrogen-bond acceptors (Lipinski definition) is 7. The van der Waals surface area contributed by atoms with Crippen LogP contribution in [0.25, 0.3) is 0 Å². The fourth-order valence-corrected chi connectivity index (χ4v) is 5.36. The molecule has 44 heavy (non-hydrogen) atoms. The molecule has 2 unspecified atom stereocenters. The Bertz CT molecular complexity index is 1410. The molecule has 1 saturated carbocycles. The number of benzene rings is 1. The molecule has 0 radical (unpaired) electrons. The summed E-state index contributed by atoms with van der Waals surface area (Å²) >= 11 is 0. The molecular weight excluding hydrogens is 613 g/mol. The maximum absolute atomic E-state index is 13.8. The minimum absolute atomic E-state index is 0.0110. The molecular formula is C26H27F9N7O2+. The van der Waals surface area contributed by atoms with Crippen molar-refractivity contribution in [1.82, 2.24) is 20.8 Å². The largest absolute Gasteiger partial charge is 0.446 e. The zero-order chi connectivity index (χ0) is 32.2. The predicted octanol–water partition coefficient (Wildman–Crippen LogP) is 5.07. The van der Waals surface area contributed by atoms with Crippen LogP contribution in [-0.2, 0) is 29.8 Å². The van der Waals surface area contributed by atoms with Gasteiger partial charge in [0.25, 0.3) is 5.96 Å². The highest BCUT2D eigenvalue weighted by Gasteiger charge is 2.49. The van der Waals surface area contributed by atoms with Gasteiger partial charge in [0.1, 0.15) is 5.69 Å². The number of carbonyl (C=O) groups excluding carboxylic acids is 1. The molecule has 1 amide bonds. The van der Waals surface area contributed by atoms with Crippen LogP contribution in [0.3, 0.4) is 0 Å². The van der Waals surface area contributed by atoms with Crippen LogP contribution in [0.1, 0.15) is 67.2 Å². The Morgan fingerprint density at radius 3 is 2.16 bits per heavy atom. The number of pyridine rings is 1. The van der Waals surface area contributed by atoms with Crippen molar-refractivity contribution in [2.24, 2.45) is 11.0 Å². The van der Waals surface area contributed by atoms with Gasteiger partial charge in [0, 0.05) is 12.6 Å². The number of alkyl halides is 9. The molecule has 3 aliphatic rings. The molecule has 2 atom stereocenters. The summed E-state index contributed by atoms with van der Waals surface area (Å²) in [5.74, 6) is -0.165. The number of carbonyl (C=O) groups is 1. The van der Waals surface area contributed by atoms with Gasteiger partial charge in [-0.2, -0.15) is 39.5 Å². The Kier molecular flexibility index (Phi) is 8.11. The van der Waals surface area contributed by atoms with Crippen LogP contribution in [-0.4, -0.2) is 34.1 Å². The first-order chi connectivity index (χ1) is 20.4. The van der Waals surface area contributed by atoms with Gasteiger partial charge >= 0.3 is 24.6 Å². The molecule has 2 aromatic rings. The van der Waals surface area contributed by atoms with Crippen molar-refractivity contribution in [1.29, 1.82) is 0 Å². The quantitative estimate of drug-likeness (QED) is 0.312. The number of rotatable bonds is 5. The lowest BCUT2D eigenvalue weighted by atomic mass is 9.90. The number of hydrazine groups is 1. The van der Waals surface area contributed by atoms with E-state index in [1.165, 1.54) is 9.80 Å². The third-order valence-corrected chi connectivity index (χ3v) is 7.35. The molecule has 4 N–H and O–H groups in total. The standard InChI is InChI=1S/C26H26F9N7O2/c1-12(2)44-23(43)42-17-5-6-20(26(33,34)35)36-21(17)19(10-18(42)14-3-4-14)41(22-37-39-40-38-22)11-13-7-15(24(27,28)29)9-16(8-13)25(30,31)32/h5-9,12,14,18-19,39-40H,3-4,10-11H2,1-2H3,(H,37,38)/p+1. The third kappa shape index (κ3) is 6.64. The summed E-state index contributed by atoms with van der Waals surface area (Å²) in [7, 11) is 0. The number of nitrogens with zero attached hydrogens (tertiary/aromatic N) is 4. The lowest BCUT2D eigenvalue weighted by Crippen LogP contribution is -2.87. The van der Waals surface area contributed by atoms with Crippen molar-refractivity contribution in [3.63, 3.8) is 0 Å². The summed E-state index contributed by atoms with van der Waals surface area (Å²) in [4.78, 5) is 19.6. The van der Waals surface area contributed by atoms with Crippen LogP contribution < -0.4 is 21.4 Å². The maximum atomic E-state index is 13.8. The van der Waals surface area contributed by atoms with Gasteiger partial charge in [0.2, 0.25) is 0 Å². The summed E-state index contributed by atoms with van der Waals surface area (Å²) in [6, 6.07) is 1.07. The summed E-state index contributed by atoms with van der Waals surface area (Å²) < 4.78 is 129. The van der Waals surface area contributed by atoms with Crippen LogP contribution >= 0.6 is 0 Å². The van der Waals surface area contributed by atoms with E-state index < -0.39 is 71.7 Å². The Morgan fingerprint density at radius 1 is 1.02 bits per heavy atom. The van der Waals surface area contributed by atoms with E-state index in [4.69, 9.17) is 4.74 Å². The molecule has 240 valence electrons. The van der Waals surface area contributed by atoms with E-state index in [-0.39, 0.29) is 35.7 Å². The molecule has 1 aromatic carbocycles. The molecule has 0 spiro atoms. The predicted molar refractivity (Wildman–Crippen MR) is 135 cm³/mol. The number of hydrogen-bond donors (Lipinski definition) is 3. The number of fused-ring (bicyclic) bond motifs is 1. The van der Waals surface area contributed by atoms with Crippen molar-refractivity contribution in [2.45, 2.75) is 76.4 Å². The fourth-order valence-electron chi connectivity index (χ4n) is 5.36. The molecule has 1 aromatic heterocycles. The second-order valence-electron chi connectivity index (χ2n) is 11.0. The second kappa shape index (κ2) is 11.3. The highest BCUT2D eigenvalue weighted by Crippen LogP contribution is 2.49. The smallest absolute Gasteiger partial charge is 0.433 e. The van der Waals surface area contributed by atoms with Crippen molar-refractivity contribution < 1.29 is 54.6 Å². The van der Waals surface area contributed by atoms with Gasteiger partial charge in [-0.1, -0.05) is 5.53 Å². The van der Waals surface area contributed by atoms with Gasteiger partial charge in [-0.15, -0.1) is 5.53 Å². The minimum atomic E-state index is -5.12. The highest BCUT2D eigenvalue weighted by atomic mass is 19.4. The van der Waals surface area contributed by atoms with E-state index in [0.29, 0.717) is 31.0 Å². The van der Waals surface area contributed by atoms with Crippen molar-refractivity contribution in [2.75, 3.05) is 4.90 Å². The van der Waals surface area contributed by atoms with Crippen LogP contribution in [0.2, 0.25) is 0 Å². The second-order valence-corrected chi connectivity index (χ2v) is 11.0. The number of amides is 1. The number of halogens is 9. The first kappa shape index (κ1) is 31.6. The number of aromatic nitrogens is 1. The van der Waals surface area contributed by atoms with E-state index in [1.54, 1.807) is 13.8 Å². The number of nitrogens with two attached hydrogens (primary N) is 1. The van der Waals surface area contributed by atoms with Crippen LogP contribution in [0.4, 0.5) is 50.0 Å². The molecule has 9 nitrogen and oxygen atoms in total. The average Bonchev–Trinajstić information content (AvgIpc) is 3.62. The molecule has 18 heteroatoms. The van der Waals surface area contributed by atoms with E-state index in [0.717, 1.165) is 11.6 Å². The highest BCUT2D eigenvalue weighted by molar-refractivity contribution is 5.90. The van der Waals surface area contributed by atoms with Crippen LogP contribution in [0.5, 0.6) is 0 Å². The number of nitrogens with one attached hydrogen (secondary N) is 2. The zero-order valence-corrected chi connectivity index (χ0v) is 23.1. The maximum Gasteiger partial charge on any atom is 0.433 e. The average molecular weight is 641 g/mol. The number of anilines is 1. The summed E-state index contributed by atoms with van der Waals surface area (Å²) in [6.45, 7) is 2.56. The van der Waals surface area contributed by atoms with Crippen molar-refractivity contribution >= 4 is 17.7 Å². The first-order valence-electron chi connectivity index (χ1n) is 13.5. The Balaban J connectivity index is 1.66. The van der Waals surface area contributed by atoms with Crippen molar-refractivity contribution in [3.05, 3.63) is 58.4 Å². The van der Waals surface area contributed by atoms with E-state index in [1.807, 2.05) is 0 Å². The lowest BCUT2D eigenvalue weighted by Gasteiger charge is -2.44. The number of ether oxygens (including phenoxy) is 1. The third-order valence-electron chi connectivity index (χ3n) is 7.35. The van der Waals surface area contributed by atoms with Gasteiger partial charge < -0.3 is 9.64 Å². The molecule has 1 fully saturated rings. The topological polar surface area (TPSA) is 98.7 Å². The first-order valence-corrected chi connectivity index (χ1v) is 13.5. The molecule has 5 rings (SSSR count). The molecule has 0 saturated heterocycles. The minimum Gasteiger partial charge on any atom is -0.446 e. The van der Waals surface area contributed by atoms with Gasteiger partial charge in [-0.3, -0.25) is 4.90 Å². The Labute approximate surface area is 244 Å². The Hall–Kier alpha value is -3.80. The monoisotopic (exact) mass is 640 g/mol. The SMILES string of the molecule is CC(C)OC(=O)N1c2ccc(C(F)(F)F)nc2C(N(Cc2cc(C(F)(F)F)cc(C(F)(F)F)c2)C2=N[NH2+]NN2)CC1C1CC1. The molecule has 1 aliphatic carbocycles. The summed E-state index contributed by atoms with van der Waals surface area (Å²) in [5.41, 5.74) is 1.22. The summed E-state index contributed by atoms with van der Waals surface area (Å²) in [6.07, 6.45) is -15.2. The summed E-state index contributed by atoms with van der Waals surface area (Å²) in [5, 5.41) is 4.07.